The SMILES string of the molecule is CN1C(=O)C[C@@H](CNC(=O)CCc2cncn2C)[C@@H]1c1ccccc1. The van der Waals surface area contributed by atoms with Crippen molar-refractivity contribution in [1.29, 1.82) is 0 Å². The van der Waals surface area contributed by atoms with Crippen molar-refractivity contribution in [2.45, 2.75) is 25.3 Å². The van der Waals surface area contributed by atoms with Crippen molar-refractivity contribution >= 4 is 11.8 Å². The monoisotopic (exact) mass is 340 g/mol. The van der Waals surface area contributed by atoms with Crippen LogP contribution in [0.3, 0.4) is 0 Å². The van der Waals surface area contributed by atoms with E-state index in [1.807, 2.05) is 49.0 Å². The topological polar surface area (TPSA) is 67.2 Å². The van der Waals surface area contributed by atoms with Gasteiger partial charge in [0.2, 0.25) is 11.8 Å². The number of imidazole rings is 1. The molecule has 2 atom stereocenters. The van der Waals surface area contributed by atoms with Crippen LogP contribution in [0.15, 0.2) is 42.9 Å². The first-order valence-corrected chi connectivity index (χ1v) is 8.58. The number of nitrogens with one attached hydrogen (secondary N) is 1. The molecule has 3 rings (SSSR count). The van der Waals surface area contributed by atoms with Crippen molar-refractivity contribution in [2.75, 3.05) is 13.6 Å². The quantitative estimate of drug-likeness (QED) is 0.870. The van der Waals surface area contributed by atoms with Gasteiger partial charge in [-0.25, -0.2) is 4.98 Å². The summed E-state index contributed by atoms with van der Waals surface area (Å²) in [6.07, 6.45) is 5.07. The second kappa shape index (κ2) is 7.51. The van der Waals surface area contributed by atoms with Crippen LogP contribution in [0.4, 0.5) is 0 Å². The van der Waals surface area contributed by atoms with Crippen molar-refractivity contribution < 1.29 is 9.59 Å². The van der Waals surface area contributed by atoms with E-state index in [9.17, 15) is 9.59 Å². The molecule has 1 aliphatic heterocycles. The zero-order chi connectivity index (χ0) is 17.8. The molecule has 0 bridgehead atoms. The molecule has 132 valence electrons. The van der Waals surface area contributed by atoms with Crippen molar-refractivity contribution in [3.05, 3.63) is 54.1 Å². The van der Waals surface area contributed by atoms with Gasteiger partial charge in [0.25, 0.3) is 0 Å². The molecular weight excluding hydrogens is 316 g/mol. The number of carbonyl (C=O) groups is 2. The molecular formula is C19H24N4O2. The van der Waals surface area contributed by atoms with Gasteiger partial charge in [-0.1, -0.05) is 30.3 Å². The first-order chi connectivity index (χ1) is 12.1. The average Bonchev–Trinajstić information content (AvgIpc) is 3.15. The lowest BCUT2D eigenvalue weighted by molar-refractivity contribution is -0.127. The first-order valence-electron chi connectivity index (χ1n) is 8.58. The summed E-state index contributed by atoms with van der Waals surface area (Å²) >= 11 is 0. The molecule has 0 radical (unpaired) electrons. The number of likely N-dealkylation sites (tertiary alicyclic amines) is 1. The lowest BCUT2D eigenvalue weighted by Gasteiger charge is -2.25. The minimum absolute atomic E-state index is 0.00927. The van der Waals surface area contributed by atoms with Gasteiger partial charge in [-0.05, 0) is 12.0 Å². The third-order valence-electron chi connectivity index (χ3n) is 4.92. The number of nitrogens with zero attached hydrogens (tertiary/aromatic N) is 3. The highest BCUT2D eigenvalue weighted by Gasteiger charge is 2.38. The molecule has 25 heavy (non-hydrogen) atoms. The van der Waals surface area contributed by atoms with Gasteiger partial charge in [0.05, 0.1) is 12.4 Å². The number of amides is 2. The van der Waals surface area contributed by atoms with Crippen LogP contribution in [0.1, 0.15) is 30.1 Å². The minimum Gasteiger partial charge on any atom is -0.356 e. The molecule has 6 nitrogen and oxygen atoms in total. The molecule has 2 amide bonds. The Labute approximate surface area is 147 Å². The van der Waals surface area contributed by atoms with E-state index in [2.05, 4.69) is 10.3 Å². The van der Waals surface area contributed by atoms with Crippen LogP contribution < -0.4 is 5.32 Å². The molecule has 1 N–H and O–H groups in total. The number of rotatable bonds is 6. The summed E-state index contributed by atoms with van der Waals surface area (Å²) in [6.45, 7) is 0.514. The van der Waals surface area contributed by atoms with E-state index >= 15 is 0 Å². The summed E-state index contributed by atoms with van der Waals surface area (Å²) < 4.78 is 1.92. The first kappa shape index (κ1) is 17.2. The van der Waals surface area contributed by atoms with Gasteiger partial charge in [0, 0.05) is 51.3 Å². The van der Waals surface area contributed by atoms with Gasteiger partial charge in [0.1, 0.15) is 0 Å². The summed E-state index contributed by atoms with van der Waals surface area (Å²) in [6, 6.07) is 10.0. The third kappa shape index (κ3) is 3.90. The molecule has 0 aliphatic carbocycles. The number of carbonyl (C=O) groups excluding carboxylic acids is 2. The maximum atomic E-state index is 12.2. The van der Waals surface area contributed by atoms with E-state index in [0.29, 0.717) is 25.8 Å². The summed E-state index contributed by atoms with van der Waals surface area (Å²) in [5.74, 6) is 0.235. The van der Waals surface area contributed by atoms with Gasteiger partial charge in [-0.15, -0.1) is 0 Å². The predicted octanol–water partition coefficient (Wildman–Crippen LogP) is 1.69. The van der Waals surface area contributed by atoms with Crippen LogP contribution in [0.25, 0.3) is 0 Å². The smallest absolute Gasteiger partial charge is 0.223 e. The van der Waals surface area contributed by atoms with Crippen molar-refractivity contribution in [3.63, 3.8) is 0 Å². The molecule has 0 saturated carbocycles. The Kier molecular flexibility index (Phi) is 5.16. The highest BCUT2D eigenvalue weighted by atomic mass is 16.2. The lowest BCUT2D eigenvalue weighted by atomic mass is 9.93. The Morgan fingerprint density at radius 1 is 1.28 bits per heavy atom. The number of hydrogen-bond acceptors (Lipinski definition) is 3. The predicted molar refractivity (Wildman–Crippen MR) is 94.6 cm³/mol. The van der Waals surface area contributed by atoms with Crippen molar-refractivity contribution in [1.82, 2.24) is 19.8 Å². The fourth-order valence-corrected chi connectivity index (χ4v) is 3.48. The normalized spacial score (nSPS) is 20.1. The van der Waals surface area contributed by atoms with Gasteiger partial charge < -0.3 is 14.8 Å². The van der Waals surface area contributed by atoms with Crippen LogP contribution in [0.5, 0.6) is 0 Å². The second-order valence-corrected chi connectivity index (χ2v) is 6.62. The molecule has 2 aromatic rings. The van der Waals surface area contributed by atoms with E-state index in [0.717, 1.165) is 11.3 Å². The summed E-state index contributed by atoms with van der Waals surface area (Å²) in [7, 11) is 3.76. The molecule has 2 heterocycles. The maximum Gasteiger partial charge on any atom is 0.223 e. The molecule has 1 aromatic heterocycles. The van der Waals surface area contributed by atoms with Crippen LogP contribution in [-0.4, -0.2) is 39.9 Å². The van der Waals surface area contributed by atoms with Crippen LogP contribution in [0, 0.1) is 5.92 Å². The van der Waals surface area contributed by atoms with Gasteiger partial charge in [-0.2, -0.15) is 0 Å². The second-order valence-electron chi connectivity index (χ2n) is 6.62. The zero-order valence-electron chi connectivity index (χ0n) is 14.7. The zero-order valence-corrected chi connectivity index (χ0v) is 14.7. The fourth-order valence-electron chi connectivity index (χ4n) is 3.48. The fraction of sp³-hybridized carbons (Fsp3) is 0.421. The number of hydrogen-bond donors (Lipinski definition) is 1. The highest BCUT2D eigenvalue weighted by Crippen LogP contribution is 2.36. The number of aromatic nitrogens is 2. The largest absolute Gasteiger partial charge is 0.356 e. The summed E-state index contributed by atoms with van der Waals surface area (Å²) in [5.41, 5.74) is 2.15. The average molecular weight is 340 g/mol. The molecule has 0 spiro atoms. The minimum atomic E-state index is 0.00927. The van der Waals surface area contributed by atoms with E-state index < -0.39 is 0 Å². The summed E-state index contributed by atoms with van der Waals surface area (Å²) in [5, 5.41) is 3.00. The Morgan fingerprint density at radius 2 is 2.04 bits per heavy atom. The number of aryl methyl sites for hydroxylation is 2. The maximum absolute atomic E-state index is 12.2. The highest BCUT2D eigenvalue weighted by molar-refractivity contribution is 5.80. The molecule has 0 unspecified atom stereocenters. The Hall–Kier alpha value is -2.63. The molecule has 1 saturated heterocycles. The Balaban J connectivity index is 1.56. The van der Waals surface area contributed by atoms with Crippen LogP contribution >= 0.6 is 0 Å². The van der Waals surface area contributed by atoms with E-state index in [-0.39, 0.29) is 23.8 Å². The summed E-state index contributed by atoms with van der Waals surface area (Å²) in [4.78, 5) is 30.2. The molecule has 1 aliphatic rings. The Bertz CT molecular complexity index is 741. The van der Waals surface area contributed by atoms with Crippen LogP contribution in [0.2, 0.25) is 0 Å². The van der Waals surface area contributed by atoms with Crippen molar-refractivity contribution in [2.24, 2.45) is 13.0 Å². The number of benzene rings is 1. The van der Waals surface area contributed by atoms with Crippen LogP contribution in [-0.2, 0) is 23.1 Å². The Morgan fingerprint density at radius 3 is 2.72 bits per heavy atom. The molecule has 1 fully saturated rings. The standard InChI is InChI=1S/C19H24N4O2/c1-22-13-20-12-16(22)8-9-17(24)21-11-15-10-18(25)23(2)19(15)14-6-4-3-5-7-14/h3-7,12-13,15,19H,8-11H2,1-2H3,(H,21,24)/t15-,19-/m0/s1. The van der Waals surface area contributed by atoms with E-state index in [4.69, 9.17) is 0 Å². The van der Waals surface area contributed by atoms with E-state index in [1.165, 1.54) is 0 Å². The van der Waals surface area contributed by atoms with E-state index in [1.54, 1.807) is 17.4 Å². The van der Waals surface area contributed by atoms with Gasteiger partial charge >= 0.3 is 0 Å². The van der Waals surface area contributed by atoms with Gasteiger partial charge in [-0.3, -0.25) is 9.59 Å². The molecule has 1 aromatic carbocycles. The van der Waals surface area contributed by atoms with Gasteiger partial charge in [0.15, 0.2) is 0 Å². The van der Waals surface area contributed by atoms with Crippen molar-refractivity contribution in [3.8, 4) is 0 Å². The molecule has 6 heteroatoms. The third-order valence-corrected chi connectivity index (χ3v) is 4.92. The lowest BCUT2D eigenvalue weighted by Crippen LogP contribution is -2.32.